The maximum Gasteiger partial charge on any atom is 0.0765 e. The Balaban J connectivity index is 1.93. The molecule has 2 N–H and O–H groups in total. The van der Waals surface area contributed by atoms with Gasteiger partial charge in [0, 0.05) is 12.1 Å². The molecule has 1 aromatic carbocycles. The van der Waals surface area contributed by atoms with Gasteiger partial charge in [-0.05, 0) is 31.4 Å². The van der Waals surface area contributed by atoms with Crippen LogP contribution >= 0.6 is 11.6 Å². The molecule has 1 aliphatic carbocycles. The second kappa shape index (κ2) is 4.41. The van der Waals surface area contributed by atoms with Crippen LogP contribution in [0, 0.1) is 0 Å². The predicted molar refractivity (Wildman–Crippen MR) is 74.0 cm³/mol. The molecule has 2 aliphatic rings. The van der Waals surface area contributed by atoms with E-state index < -0.39 is 0 Å². The summed E-state index contributed by atoms with van der Waals surface area (Å²) in [5.74, 6) is 0. The molecule has 92 valence electrons. The number of anilines is 2. The molecule has 2 nitrogen and oxygen atoms in total. The number of para-hydroxylation sites is 1. The molecule has 1 saturated carbocycles. The van der Waals surface area contributed by atoms with E-state index in [0.29, 0.717) is 5.54 Å². The van der Waals surface area contributed by atoms with E-state index in [1.54, 1.807) is 0 Å². The first kappa shape index (κ1) is 11.2. The summed E-state index contributed by atoms with van der Waals surface area (Å²) < 4.78 is 0. The summed E-state index contributed by atoms with van der Waals surface area (Å²) >= 11 is 6.24. The Morgan fingerprint density at radius 1 is 1.06 bits per heavy atom. The summed E-state index contributed by atoms with van der Waals surface area (Å²) in [5, 5.41) is 8.06. The number of halogens is 1. The first-order valence-electron chi connectivity index (χ1n) is 6.60. The van der Waals surface area contributed by atoms with Gasteiger partial charge in [-0.3, -0.25) is 0 Å². The van der Waals surface area contributed by atoms with Crippen LogP contribution in [0.5, 0.6) is 0 Å². The van der Waals surface area contributed by atoms with Crippen LogP contribution in [-0.4, -0.2) is 12.1 Å². The highest BCUT2D eigenvalue weighted by Gasteiger charge is 2.33. The molecule has 3 rings (SSSR count). The molecular formula is C14H19ClN2. The average Bonchev–Trinajstić information content (AvgIpc) is 2.51. The molecule has 1 fully saturated rings. The fourth-order valence-electron chi connectivity index (χ4n) is 3.19. The van der Waals surface area contributed by atoms with Gasteiger partial charge in [-0.2, -0.15) is 0 Å². The minimum atomic E-state index is 0.307. The van der Waals surface area contributed by atoms with Crippen LogP contribution in [-0.2, 0) is 0 Å². The molecule has 0 unspecified atom stereocenters. The minimum absolute atomic E-state index is 0.307. The normalized spacial score (nSPS) is 22.2. The van der Waals surface area contributed by atoms with Crippen molar-refractivity contribution in [1.29, 1.82) is 0 Å². The van der Waals surface area contributed by atoms with Crippen LogP contribution in [0.3, 0.4) is 0 Å². The van der Waals surface area contributed by atoms with E-state index in [0.717, 1.165) is 17.3 Å². The summed E-state index contributed by atoms with van der Waals surface area (Å²) in [6, 6.07) is 6.11. The zero-order chi connectivity index (χ0) is 11.7. The Hall–Kier alpha value is -0.890. The zero-order valence-electron chi connectivity index (χ0n) is 10.1. The molecule has 0 radical (unpaired) electrons. The van der Waals surface area contributed by atoms with Gasteiger partial charge in [0.25, 0.3) is 0 Å². The Bertz CT molecular complexity index is 411. The predicted octanol–water partition coefficient (Wildman–Crippen LogP) is 4.27. The Labute approximate surface area is 108 Å². The molecule has 1 heterocycles. The fraction of sp³-hybridized carbons (Fsp3) is 0.571. The molecule has 0 saturated heterocycles. The van der Waals surface area contributed by atoms with Crippen molar-refractivity contribution in [1.82, 2.24) is 0 Å². The van der Waals surface area contributed by atoms with E-state index in [4.69, 9.17) is 11.6 Å². The summed E-state index contributed by atoms with van der Waals surface area (Å²) in [7, 11) is 0. The van der Waals surface area contributed by atoms with Crippen molar-refractivity contribution in [2.75, 3.05) is 17.2 Å². The molecular weight excluding hydrogens is 232 g/mol. The Kier molecular flexibility index (Phi) is 2.91. The molecule has 1 aliphatic heterocycles. The monoisotopic (exact) mass is 250 g/mol. The zero-order valence-corrected chi connectivity index (χ0v) is 10.8. The lowest BCUT2D eigenvalue weighted by Crippen LogP contribution is -2.40. The van der Waals surface area contributed by atoms with E-state index >= 15 is 0 Å². The topological polar surface area (TPSA) is 24.1 Å². The van der Waals surface area contributed by atoms with Crippen LogP contribution < -0.4 is 10.6 Å². The van der Waals surface area contributed by atoms with Crippen molar-refractivity contribution in [2.45, 2.75) is 44.1 Å². The van der Waals surface area contributed by atoms with E-state index in [1.807, 2.05) is 12.1 Å². The van der Waals surface area contributed by atoms with Crippen LogP contribution in [0.25, 0.3) is 0 Å². The Morgan fingerprint density at radius 2 is 1.88 bits per heavy atom. The van der Waals surface area contributed by atoms with Gasteiger partial charge in [0.05, 0.1) is 16.4 Å². The number of rotatable bonds is 0. The first-order valence-corrected chi connectivity index (χ1v) is 6.98. The highest BCUT2D eigenvalue weighted by Crippen LogP contribution is 2.40. The molecule has 17 heavy (non-hydrogen) atoms. The maximum absolute atomic E-state index is 6.24. The molecule has 1 aromatic rings. The quantitative estimate of drug-likeness (QED) is 0.719. The van der Waals surface area contributed by atoms with Gasteiger partial charge < -0.3 is 10.6 Å². The number of fused-ring (bicyclic) bond motifs is 1. The Morgan fingerprint density at radius 3 is 2.71 bits per heavy atom. The third kappa shape index (κ3) is 2.11. The van der Waals surface area contributed by atoms with Crippen LogP contribution in [0.2, 0.25) is 5.02 Å². The fourth-order valence-corrected chi connectivity index (χ4v) is 3.43. The number of hydrogen-bond acceptors (Lipinski definition) is 2. The lowest BCUT2D eigenvalue weighted by molar-refractivity contribution is 0.313. The third-order valence-electron chi connectivity index (χ3n) is 4.13. The summed E-state index contributed by atoms with van der Waals surface area (Å²) in [5.41, 5.74) is 2.56. The van der Waals surface area contributed by atoms with Crippen molar-refractivity contribution in [3.8, 4) is 0 Å². The van der Waals surface area contributed by atoms with Crippen molar-refractivity contribution in [2.24, 2.45) is 0 Å². The SMILES string of the molecule is Clc1cccc2c1NCCC1(CCCCC1)N2. The van der Waals surface area contributed by atoms with E-state index in [-0.39, 0.29) is 0 Å². The molecule has 1 spiro atoms. The highest BCUT2D eigenvalue weighted by atomic mass is 35.5. The number of nitrogens with one attached hydrogen (secondary N) is 2. The van der Waals surface area contributed by atoms with Gasteiger partial charge in [-0.15, -0.1) is 0 Å². The average molecular weight is 251 g/mol. The number of benzene rings is 1. The van der Waals surface area contributed by atoms with Crippen molar-refractivity contribution in [3.63, 3.8) is 0 Å². The largest absolute Gasteiger partial charge is 0.382 e. The van der Waals surface area contributed by atoms with Gasteiger partial charge in [0.2, 0.25) is 0 Å². The maximum atomic E-state index is 6.24. The second-order valence-electron chi connectivity index (χ2n) is 5.31. The minimum Gasteiger partial charge on any atom is -0.382 e. The third-order valence-corrected chi connectivity index (χ3v) is 4.44. The first-order chi connectivity index (χ1) is 8.29. The van der Waals surface area contributed by atoms with Crippen molar-refractivity contribution < 1.29 is 0 Å². The lowest BCUT2D eigenvalue weighted by atomic mass is 9.79. The molecule has 0 atom stereocenters. The van der Waals surface area contributed by atoms with Gasteiger partial charge in [-0.25, -0.2) is 0 Å². The van der Waals surface area contributed by atoms with E-state index in [1.165, 1.54) is 44.2 Å². The van der Waals surface area contributed by atoms with Crippen LogP contribution in [0.4, 0.5) is 11.4 Å². The van der Waals surface area contributed by atoms with Gasteiger partial charge >= 0.3 is 0 Å². The summed E-state index contributed by atoms with van der Waals surface area (Å²) in [4.78, 5) is 0. The summed E-state index contributed by atoms with van der Waals surface area (Å²) in [6.45, 7) is 1.02. The smallest absolute Gasteiger partial charge is 0.0765 e. The van der Waals surface area contributed by atoms with Crippen molar-refractivity contribution in [3.05, 3.63) is 23.2 Å². The summed E-state index contributed by atoms with van der Waals surface area (Å²) in [6.07, 6.45) is 7.87. The van der Waals surface area contributed by atoms with Gasteiger partial charge in [-0.1, -0.05) is 36.9 Å². The van der Waals surface area contributed by atoms with E-state index in [2.05, 4.69) is 16.7 Å². The second-order valence-corrected chi connectivity index (χ2v) is 5.71. The van der Waals surface area contributed by atoms with E-state index in [9.17, 15) is 0 Å². The standard InChI is InChI=1S/C14H19ClN2/c15-11-5-4-6-12-13(11)16-10-9-14(17-12)7-2-1-3-8-14/h4-6,16-17H,1-3,7-10H2. The molecule has 3 heteroatoms. The molecule has 0 bridgehead atoms. The van der Waals surface area contributed by atoms with Crippen LogP contribution in [0.15, 0.2) is 18.2 Å². The number of hydrogen-bond donors (Lipinski definition) is 2. The van der Waals surface area contributed by atoms with Crippen LogP contribution in [0.1, 0.15) is 38.5 Å². The van der Waals surface area contributed by atoms with Gasteiger partial charge in [0.15, 0.2) is 0 Å². The highest BCUT2D eigenvalue weighted by molar-refractivity contribution is 6.34. The molecule has 0 aromatic heterocycles. The molecule has 0 amide bonds. The van der Waals surface area contributed by atoms with Gasteiger partial charge in [0.1, 0.15) is 0 Å². The lowest BCUT2D eigenvalue weighted by Gasteiger charge is -2.38. The van der Waals surface area contributed by atoms with Crippen molar-refractivity contribution >= 4 is 23.0 Å².